The summed E-state index contributed by atoms with van der Waals surface area (Å²) in [7, 11) is -5.07. The zero-order valence-electron chi connectivity index (χ0n) is 43.2. The number of esters is 1. The fourth-order valence-corrected chi connectivity index (χ4v) is 9.03. The molecule has 1 rings (SSSR count). The normalized spacial score (nSPS) is 19.5. The number of hydrogen-bond donors (Lipinski definition) is 4. The van der Waals surface area contributed by atoms with Gasteiger partial charge in [0.05, 0.1) is 19.8 Å². The Labute approximate surface area is 415 Å². The largest absolute Gasteiger partial charge is 0.457 e. The number of carbonyl (C=O) groups excluding carboxylic acids is 1. The Bertz CT molecular complexity index is 1320. The van der Waals surface area contributed by atoms with Crippen LogP contribution in [0.3, 0.4) is 0 Å². The number of carbonyl (C=O) groups is 1. The highest BCUT2D eigenvalue weighted by molar-refractivity contribution is 7.80. The molecule has 68 heavy (non-hydrogen) atoms. The Morgan fingerprint density at radius 2 is 0.971 bits per heavy atom. The van der Waals surface area contributed by atoms with Crippen LogP contribution in [0.2, 0.25) is 0 Å². The van der Waals surface area contributed by atoms with E-state index in [1.807, 2.05) is 0 Å². The van der Waals surface area contributed by atoms with Gasteiger partial charge in [0.1, 0.15) is 30.5 Å². The fraction of sp³-hybridized carbons (Fsp3) is 0.873. The maximum absolute atomic E-state index is 12.9. The molecule has 0 saturated carbocycles. The van der Waals surface area contributed by atoms with E-state index >= 15 is 0 Å². The van der Waals surface area contributed by atoms with Crippen molar-refractivity contribution in [2.75, 3.05) is 26.4 Å². The predicted octanol–water partition coefficient (Wildman–Crippen LogP) is 13.3. The van der Waals surface area contributed by atoms with Crippen molar-refractivity contribution in [3.05, 3.63) is 36.5 Å². The first-order valence-electron chi connectivity index (χ1n) is 27.7. The molecule has 0 aromatic carbocycles. The number of ether oxygens (including phenoxy) is 4. The van der Waals surface area contributed by atoms with Crippen molar-refractivity contribution in [1.82, 2.24) is 0 Å². The van der Waals surface area contributed by atoms with Crippen molar-refractivity contribution in [2.24, 2.45) is 0 Å². The number of hydrogen-bond acceptors (Lipinski definition) is 11. The van der Waals surface area contributed by atoms with E-state index in [9.17, 15) is 33.1 Å². The van der Waals surface area contributed by atoms with Gasteiger partial charge in [0.15, 0.2) is 6.29 Å². The van der Waals surface area contributed by atoms with E-state index in [2.05, 4.69) is 54.5 Å². The van der Waals surface area contributed by atoms with E-state index in [1.165, 1.54) is 161 Å². The zero-order chi connectivity index (χ0) is 49.6. The average Bonchev–Trinajstić information content (AvgIpc) is 3.31. The summed E-state index contributed by atoms with van der Waals surface area (Å²) in [5.74, 6) is -0.400. The third-order valence-corrected chi connectivity index (χ3v) is 13.2. The van der Waals surface area contributed by atoms with Gasteiger partial charge in [0.2, 0.25) is 0 Å². The van der Waals surface area contributed by atoms with Gasteiger partial charge in [0.25, 0.3) is 0 Å². The average molecular weight is 987 g/mol. The number of unbranched alkanes of at least 4 members (excludes halogenated alkanes) is 30. The van der Waals surface area contributed by atoms with Crippen LogP contribution in [0.5, 0.6) is 0 Å². The van der Waals surface area contributed by atoms with Crippen molar-refractivity contribution in [1.29, 1.82) is 0 Å². The van der Waals surface area contributed by atoms with Crippen LogP contribution < -0.4 is 0 Å². The highest BCUT2D eigenvalue weighted by Crippen LogP contribution is 2.26. The van der Waals surface area contributed by atoms with Gasteiger partial charge in [-0.15, -0.1) is 0 Å². The van der Waals surface area contributed by atoms with E-state index in [0.717, 1.165) is 57.8 Å². The molecule has 0 aromatic rings. The smallest absolute Gasteiger partial charge is 0.397 e. The standard InChI is InChI=1S/C55H102O12S/c1-3-5-7-9-11-13-15-17-19-21-22-23-24-25-26-27-28-29-30-32-34-36-38-40-42-44-51(57)65-49(48-64-55-53(59)54(67-68(60,61)62)52(58)50(46-56)66-55)47-63-45-43-41-39-37-35-33-31-20-18-16-14-12-10-8-6-4-2/h12,14,18,20-22,49-50,52-56,58-59H,3-11,13,15-17,19,23-48H2,1-2H3,(H,60,61,62)/b14-12-,20-18-,22-21-. The zero-order valence-corrected chi connectivity index (χ0v) is 44.0. The molecular weight excluding hydrogens is 885 g/mol. The lowest BCUT2D eigenvalue weighted by Crippen LogP contribution is -2.60. The Hall–Kier alpha value is -1.68. The van der Waals surface area contributed by atoms with Gasteiger partial charge in [-0.3, -0.25) is 9.35 Å². The Morgan fingerprint density at radius 1 is 0.559 bits per heavy atom. The minimum absolute atomic E-state index is 0.0306. The van der Waals surface area contributed by atoms with Gasteiger partial charge in [-0.2, -0.15) is 8.42 Å². The number of allylic oxidation sites excluding steroid dienone is 6. The molecule has 13 heteroatoms. The molecule has 1 fully saturated rings. The lowest BCUT2D eigenvalue weighted by Gasteiger charge is -2.41. The molecule has 6 atom stereocenters. The summed E-state index contributed by atoms with van der Waals surface area (Å²) in [6.07, 6.45) is 47.5. The number of aliphatic hydroxyl groups excluding tert-OH is 3. The van der Waals surface area contributed by atoms with Crippen LogP contribution in [0.4, 0.5) is 0 Å². The van der Waals surface area contributed by atoms with Gasteiger partial charge < -0.3 is 34.3 Å². The molecule has 0 spiro atoms. The predicted molar refractivity (Wildman–Crippen MR) is 276 cm³/mol. The van der Waals surface area contributed by atoms with Crippen molar-refractivity contribution in [3.8, 4) is 0 Å². The number of aliphatic hydroxyl groups is 3. The molecule has 400 valence electrons. The second-order valence-corrected chi connectivity index (χ2v) is 20.2. The molecule has 1 saturated heterocycles. The van der Waals surface area contributed by atoms with E-state index in [-0.39, 0.29) is 19.6 Å². The lowest BCUT2D eigenvalue weighted by molar-refractivity contribution is -0.301. The van der Waals surface area contributed by atoms with Crippen molar-refractivity contribution < 1.29 is 56.2 Å². The van der Waals surface area contributed by atoms with E-state index in [1.54, 1.807) is 0 Å². The molecule has 0 aromatic heterocycles. The van der Waals surface area contributed by atoms with E-state index in [0.29, 0.717) is 13.0 Å². The topological polar surface area (TPSA) is 178 Å². The highest BCUT2D eigenvalue weighted by Gasteiger charge is 2.48. The first kappa shape index (κ1) is 64.3. The molecule has 6 unspecified atom stereocenters. The second kappa shape index (κ2) is 46.4. The summed E-state index contributed by atoms with van der Waals surface area (Å²) in [5.41, 5.74) is 0. The summed E-state index contributed by atoms with van der Waals surface area (Å²) < 4.78 is 59.3. The van der Waals surface area contributed by atoms with Crippen molar-refractivity contribution in [3.63, 3.8) is 0 Å². The first-order valence-corrected chi connectivity index (χ1v) is 29.1. The van der Waals surface area contributed by atoms with Gasteiger partial charge >= 0.3 is 16.4 Å². The summed E-state index contributed by atoms with van der Waals surface area (Å²) in [5, 5.41) is 30.8. The van der Waals surface area contributed by atoms with Gasteiger partial charge in [-0.25, -0.2) is 4.18 Å². The monoisotopic (exact) mass is 987 g/mol. The molecule has 12 nitrogen and oxygen atoms in total. The Morgan fingerprint density at radius 3 is 1.44 bits per heavy atom. The maximum atomic E-state index is 12.9. The van der Waals surface area contributed by atoms with E-state index < -0.39 is 59.8 Å². The highest BCUT2D eigenvalue weighted by atomic mass is 32.3. The quantitative estimate of drug-likeness (QED) is 0.0197. The van der Waals surface area contributed by atoms with Crippen LogP contribution in [0.1, 0.15) is 245 Å². The summed E-state index contributed by atoms with van der Waals surface area (Å²) >= 11 is 0. The van der Waals surface area contributed by atoms with Gasteiger partial charge in [0, 0.05) is 13.0 Å². The molecule has 0 bridgehead atoms. The van der Waals surface area contributed by atoms with Crippen LogP contribution in [0.15, 0.2) is 36.5 Å². The molecule has 4 N–H and O–H groups in total. The third kappa shape index (κ3) is 39.0. The maximum Gasteiger partial charge on any atom is 0.397 e. The molecular formula is C55H102O12S. The summed E-state index contributed by atoms with van der Waals surface area (Å²) in [6, 6.07) is 0. The van der Waals surface area contributed by atoms with Crippen LogP contribution >= 0.6 is 0 Å². The summed E-state index contributed by atoms with van der Waals surface area (Å²) in [6.45, 7) is 3.98. The van der Waals surface area contributed by atoms with Crippen LogP contribution in [0.25, 0.3) is 0 Å². The summed E-state index contributed by atoms with van der Waals surface area (Å²) in [4.78, 5) is 12.9. The third-order valence-electron chi connectivity index (χ3n) is 12.7. The van der Waals surface area contributed by atoms with Crippen molar-refractivity contribution in [2.45, 2.75) is 282 Å². The first-order chi connectivity index (χ1) is 33.1. The molecule has 0 aliphatic carbocycles. The molecule has 0 amide bonds. The minimum atomic E-state index is -5.07. The van der Waals surface area contributed by atoms with Gasteiger partial charge in [-0.1, -0.05) is 204 Å². The Balaban J connectivity index is 2.29. The fourth-order valence-electron chi connectivity index (χ4n) is 8.52. The van der Waals surface area contributed by atoms with Crippen molar-refractivity contribution >= 4 is 16.4 Å². The minimum Gasteiger partial charge on any atom is -0.457 e. The van der Waals surface area contributed by atoms with E-state index in [4.69, 9.17) is 18.9 Å². The van der Waals surface area contributed by atoms with Crippen LogP contribution in [-0.2, 0) is 38.3 Å². The molecule has 0 radical (unpaired) electrons. The molecule has 1 aliphatic rings. The molecule has 1 aliphatic heterocycles. The lowest BCUT2D eigenvalue weighted by atomic mass is 9.99. The van der Waals surface area contributed by atoms with Crippen LogP contribution in [-0.4, -0.2) is 97.5 Å². The second-order valence-electron chi connectivity index (χ2n) is 19.2. The van der Waals surface area contributed by atoms with Gasteiger partial charge in [-0.05, 0) is 70.6 Å². The number of rotatable bonds is 49. The SMILES string of the molecule is CCCCC/C=C\C/C=C\CCCCCCCCOCC(COC1OC(CO)C(O)C(OS(=O)(=O)O)C1O)OC(=O)CCCCCCCCCCCCCCC/C=C\CCCCCCCCCC. The Kier molecular flexibility index (Phi) is 43.9. The van der Waals surface area contributed by atoms with Crippen LogP contribution in [0, 0.1) is 0 Å². The molecule has 1 heterocycles.